The van der Waals surface area contributed by atoms with E-state index in [9.17, 15) is 10.2 Å². The largest absolute Gasteiger partial charge is 0.508 e. The van der Waals surface area contributed by atoms with Crippen molar-refractivity contribution in [2.45, 2.75) is 27.2 Å². The van der Waals surface area contributed by atoms with E-state index in [0.717, 1.165) is 28.0 Å². The highest BCUT2D eigenvalue weighted by Gasteiger charge is 2.13. The summed E-state index contributed by atoms with van der Waals surface area (Å²) in [5.74, 6) is 1.08. The Morgan fingerprint density at radius 3 is 2.24 bits per heavy atom. The second kappa shape index (κ2) is 4.17. The third kappa shape index (κ3) is 2.13. The summed E-state index contributed by atoms with van der Waals surface area (Å²) in [6.45, 7) is 5.77. The summed E-state index contributed by atoms with van der Waals surface area (Å²) in [7, 11) is 0. The molecule has 0 saturated heterocycles. The number of benzene rings is 1. The van der Waals surface area contributed by atoms with Gasteiger partial charge in [-0.25, -0.2) is 0 Å². The molecule has 0 aliphatic carbocycles. The lowest BCUT2D eigenvalue weighted by Gasteiger charge is -2.09. The van der Waals surface area contributed by atoms with Crippen molar-refractivity contribution in [1.29, 1.82) is 0 Å². The summed E-state index contributed by atoms with van der Waals surface area (Å²) in [5.41, 5.74) is 3.88. The number of hydrogen-bond donors (Lipinski definition) is 2. The molecule has 0 atom stereocenters. The lowest BCUT2D eigenvalue weighted by molar-refractivity contribution is 0.445. The Morgan fingerprint density at radius 1 is 1.00 bits per heavy atom. The summed E-state index contributed by atoms with van der Waals surface area (Å²) >= 11 is 0. The van der Waals surface area contributed by atoms with Gasteiger partial charge in [-0.3, -0.25) is 0 Å². The van der Waals surface area contributed by atoms with Crippen molar-refractivity contribution in [2.24, 2.45) is 0 Å². The molecular weight excluding hydrogens is 216 g/mol. The zero-order chi connectivity index (χ0) is 12.6. The highest BCUT2D eigenvalue weighted by atomic mass is 16.3. The molecule has 2 N–H and O–H groups in total. The first-order valence-corrected chi connectivity index (χ1v) is 5.54. The maximum absolute atomic E-state index is 9.86. The maximum atomic E-state index is 9.86. The summed E-state index contributed by atoms with van der Waals surface area (Å²) in [5, 5.41) is 19.2. The normalized spacial score (nSPS) is 10.8. The first kappa shape index (κ1) is 11.6. The van der Waals surface area contributed by atoms with E-state index in [0.29, 0.717) is 6.42 Å². The van der Waals surface area contributed by atoms with Crippen LogP contribution < -0.4 is 0 Å². The zero-order valence-corrected chi connectivity index (χ0v) is 10.2. The first-order chi connectivity index (χ1) is 7.99. The van der Waals surface area contributed by atoms with E-state index in [4.69, 9.17) is 4.42 Å². The topological polar surface area (TPSA) is 53.6 Å². The van der Waals surface area contributed by atoms with Gasteiger partial charge in [0.15, 0.2) is 0 Å². The van der Waals surface area contributed by atoms with Gasteiger partial charge < -0.3 is 14.6 Å². The van der Waals surface area contributed by atoms with Crippen molar-refractivity contribution >= 4 is 0 Å². The van der Waals surface area contributed by atoms with Crippen molar-refractivity contribution in [2.75, 3.05) is 0 Å². The van der Waals surface area contributed by atoms with Gasteiger partial charge in [0.05, 0.1) is 6.26 Å². The standard InChI is InChI=1S/C14H16O3/c1-8-4-11(15)5-14(16)13(8)6-12-9(2)7-17-10(12)3/h4-5,7,15-16H,6H2,1-3H3. The van der Waals surface area contributed by atoms with Crippen LogP contribution in [0.15, 0.2) is 22.8 Å². The molecule has 0 spiro atoms. The fourth-order valence-corrected chi connectivity index (χ4v) is 2.05. The molecule has 0 fully saturated rings. The minimum atomic E-state index is 0.0874. The van der Waals surface area contributed by atoms with Crippen LogP contribution in [0, 0.1) is 20.8 Å². The summed E-state index contributed by atoms with van der Waals surface area (Å²) < 4.78 is 5.34. The molecule has 90 valence electrons. The Morgan fingerprint density at radius 2 is 1.71 bits per heavy atom. The fourth-order valence-electron chi connectivity index (χ4n) is 2.05. The minimum Gasteiger partial charge on any atom is -0.508 e. The van der Waals surface area contributed by atoms with E-state index in [1.54, 1.807) is 12.3 Å². The molecule has 0 aliphatic rings. The molecule has 3 nitrogen and oxygen atoms in total. The Labute approximate surface area is 100 Å². The third-order valence-electron chi connectivity index (χ3n) is 3.10. The van der Waals surface area contributed by atoms with Crippen LogP contribution >= 0.6 is 0 Å². The molecule has 2 rings (SSSR count). The van der Waals surface area contributed by atoms with Crippen LogP contribution in [-0.4, -0.2) is 10.2 Å². The Kier molecular flexibility index (Phi) is 2.84. The van der Waals surface area contributed by atoms with Crippen molar-refractivity contribution in [1.82, 2.24) is 0 Å². The number of aromatic hydroxyl groups is 2. The van der Waals surface area contributed by atoms with E-state index in [1.807, 2.05) is 20.8 Å². The van der Waals surface area contributed by atoms with Crippen molar-refractivity contribution in [3.05, 3.63) is 46.4 Å². The molecule has 0 radical (unpaired) electrons. The maximum Gasteiger partial charge on any atom is 0.123 e. The van der Waals surface area contributed by atoms with Crippen molar-refractivity contribution < 1.29 is 14.6 Å². The minimum absolute atomic E-state index is 0.0874. The van der Waals surface area contributed by atoms with Gasteiger partial charge in [0, 0.05) is 23.6 Å². The van der Waals surface area contributed by atoms with E-state index < -0.39 is 0 Å². The molecule has 1 aromatic carbocycles. The van der Waals surface area contributed by atoms with Gasteiger partial charge in [-0.15, -0.1) is 0 Å². The predicted molar refractivity (Wildman–Crippen MR) is 65.5 cm³/mol. The van der Waals surface area contributed by atoms with Gasteiger partial charge in [0.2, 0.25) is 0 Å². The lowest BCUT2D eigenvalue weighted by atomic mass is 9.97. The molecule has 0 unspecified atom stereocenters. The van der Waals surface area contributed by atoms with E-state index >= 15 is 0 Å². The van der Waals surface area contributed by atoms with Gasteiger partial charge in [-0.2, -0.15) is 0 Å². The van der Waals surface area contributed by atoms with E-state index in [-0.39, 0.29) is 11.5 Å². The molecule has 0 aliphatic heterocycles. The Bertz CT molecular complexity index is 510. The SMILES string of the molecule is Cc1cc(O)cc(O)c1Cc1c(C)coc1C. The molecule has 3 heteroatoms. The van der Waals surface area contributed by atoms with Gasteiger partial charge >= 0.3 is 0 Å². The van der Waals surface area contributed by atoms with Crippen LogP contribution in [0.2, 0.25) is 0 Å². The molecule has 0 bridgehead atoms. The average molecular weight is 232 g/mol. The Hall–Kier alpha value is -1.90. The van der Waals surface area contributed by atoms with Crippen LogP contribution in [0.25, 0.3) is 0 Å². The predicted octanol–water partition coefficient (Wildman–Crippen LogP) is 3.21. The monoisotopic (exact) mass is 232 g/mol. The molecule has 1 aromatic heterocycles. The van der Waals surface area contributed by atoms with Crippen LogP contribution in [0.1, 0.15) is 28.0 Å². The highest BCUT2D eigenvalue weighted by Crippen LogP contribution is 2.30. The van der Waals surface area contributed by atoms with Gasteiger partial charge in [0.25, 0.3) is 0 Å². The van der Waals surface area contributed by atoms with Crippen LogP contribution in [0.3, 0.4) is 0 Å². The van der Waals surface area contributed by atoms with Crippen molar-refractivity contribution in [3.63, 3.8) is 0 Å². The quantitative estimate of drug-likeness (QED) is 0.836. The van der Waals surface area contributed by atoms with Crippen LogP contribution in [0.4, 0.5) is 0 Å². The number of aryl methyl sites for hydroxylation is 3. The number of phenolic OH excluding ortho intramolecular Hbond substituents is 2. The number of hydrogen-bond acceptors (Lipinski definition) is 3. The average Bonchev–Trinajstić information content (AvgIpc) is 2.53. The molecule has 2 aromatic rings. The smallest absolute Gasteiger partial charge is 0.123 e. The van der Waals surface area contributed by atoms with Gasteiger partial charge in [-0.1, -0.05) is 0 Å². The second-order valence-corrected chi connectivity index (χ2v) is 4.39. The van der Waals surface area contributed by atoms with Crippen molar-refractivity contribution in [3.8, 4) is 11.5 Å². The molecule has 0 saturated carbocycles. The van der Waals surface area contributed by atoms with Gasteiger partial charge in [0.1, 0.15) is 17.3 Å². The van der Waals surface area contributed by atoms with Crippen LogP contribution in [-0.2, 0) is 6.42 Å². The summed E-state index contributed by atoms with van der Waals surface area (Å²) in [6.07, 6.45) is 2.34. The zero-order valence-electron chi connectivity index (χ0n) is 10.2. The molecule has 0 amide bonds. The Balaban J connectivity index is 2.43. The molecular formula is C14H16O3. The van der Waals surface area contributed by atoms with E-state index in [2.05, 4.69) is 0 Å². The summed E-state index contributed by atoms with van der Waals surface area (Å²) in [4.78, 5) is 0. The number of phenols is 2. The number of furan rings is 1. The fraction of sp³-hybridized carbons (Fsp3) is 0.286. The van der Waals surface area contributed by atoms with E-state index in [1.165, 1.54) is 6.07 Å². The molecule has 1 heterocycles. The summed E-state index contributed by atoms with van der Waals surface area (Å²) in [6, 6.07) is 3.02. The third-order valence-corrected chi connectivity index (χ3v) is 3.10. The highest BCUT2D eigenvalue weighted by molar-refractivity contribution is 5.48. The number of rotatable bonds is 2. The lowest BCUT2D eigenvalue weighted by Crippen LogP contribution is -1.94. The first-order valence-electron chi connectivity index (χ1n) is 5.54. The second-order valence-electron chi connectivity index (χ2n) is 4.39. The van der Waals surface area contributed by atoms with Gasteiger partial charge in [-0.05, 0) is 38.0 Å². The molecule has 17 heavy (non-hydrogen) atoms. The van der Waals surface area contributed by atoms with Crippen LogP contribution in [0.5, 0.6) is 11.5 Å².